The number of amides is 6. The van der Waals surface area contributed by atoms with Crippen molar-refractivity contribution in [2.75, 3.05) is 6.54 Å². The van der Waals surface area contributed by atoms with E-state index in [2.05, 4.69) is 22.5 Å². The number of urea groups is 1. The summed E-state index contributed by atoms with van der Waals surface area (Å²) in [7, 11) is -4.01. The molecule has 4 bridgehead atoms. The van der Waals surface area contributed by atoms with Gasteiger partial charge in [-0.1, -0.05) is 36.4 Å². The summed E-state index contributed by atoms with van der Waals surface area (Å²) >= 11 is 0. The number of ether oxygens (including phenoxy) is 1. The number of hydrogen-bond acceptors (Lipinski definition) is 8. The number of sulfonamides is 1. The van der Waals surface area contributed by atoms with Crippen molar-refractivity contribution in [2.24, 2.45) is 5.92 Å². The molecule has 5 atom stereocenters. The monoisotopic (exact) mass is 764 g/mol. The van der Waals surface area contributed by atoms with Gasteiger partial charge in [-0.3, -0.25) is 24.0 Å². The van der Waals surface area contributed by atoms with E-state index in [-0.39, 0.29) is 25.9 Å². The van der Waals surface area contributed by atoms with Crippen molar-refractivity contribution >= 4 is 45.9 Å². The van der Waals surface area contributed by atoms with Crippen molar-refractivity contribution < 1.29 is 50.3 Å². The van der Waals surface area contributed by atoms with Crippen LogP contribution in [0.5, 0.6) is 0 Å². The molecule has 14 nitrogen and oxygen atoms in total. The first-order valence-electron chi connectivity index (χ1n) is 17.5. The number of alkyl halides is 3. The lowest BCUT2D eigenvalue weighted by atomic mass is 9.97. The molecular formula is C35H43F3N6O8S. The van der Waals surface area contributed by atoms with Crippen LogP contribution in [-0.4, -0.2) is 95.3 Å². The summed E-state index contributed by atoms with van der Waals surface area (Å²) < 4.78 is 74.7. The maximum atomic E-state index is 14.0. The highest BCUT2D eigenvalue weighted by atomic mass is 32.2. The van der Waals surface area contributed by atoms with Gasteiger partial charge in [-0.25, -0.2) is 18.0 Å². The van der Waals surface area contributed by atoms with Gasteiger partial charge in [0.1, 0.15) is 23.7 Å². The van der Waals surface area contributed by atoms with Gasteiger partial charge in [-0.05, 0) is 62.6 Å². The molecule has 0 radical (unpaired) electrons. The fourth-order valence-electron chi connectivity index (χ4n) is 7.19. The molecule has 1 aromatic rings. The van der Waals surface area contributed by atoms with Crippen molar-refractivity contribution in [2.45, 2.75) is 113 Å². The van der Waals surface area contributed by atoms with Gasteiger partial charge >= 0.3 is 18.3 Å². The van der Waals surface area contributed by atoms with Crippen molar-refractivity contribution in [3.63, 3.8) is 0 Å². The van der Waals surface area contributed by atoms with E-state index in [0.717, 1.165) is 21.6 Å². The Morgan fingerprint density at radius 1 is 1.15 bits per heavy atom. The van der Waals surface area contributed by atoms with E-state index >= 15 is 0 Å². The van der Waals surface area contributed by atoms with Gasteiger partial charge in [0.2, 0.25) is 21.8 Å². The first-order chi connectivity index (χ1) is 24.8. The third kappa shape index (κ3) is 8.47. The molecule has 1 aromatic carbocycles. The smallest absolute Gasteiger partial charge is 0.410 e. The van der Waals surface area contributed by atoms with E-state index in [9.17, 15) is 45.6 Å². The Morgan fingerprint density at radius 3 is 2.55 bits per heavy atom. The van der Waals surface area contributed by atoms with E-state index < -0.39 is 99.4 Å². The van der Waals surface area contributed by atoms with Gasteiger partial charge in [0, 0.05) is 24.4 Å². The van der Waals surface area contributed by atoms with E-state index in [1.807, 2.05) is 35.1 Å². The average Bonchev–Trinajstić information content (AvgIpc) is 3.95. The zero-order chi connectivity index (χ0) is 38.5. The number of nitrogens with zero attached hydrogens (tertiary/aromatic N) is 2. The molecule has 0 spiro atoms. The molecular weight excluding hydrogens is 721 g/mol. The molecule has 288 valence electrons. The second-order valence-corrected chi connectivity index (χ2v) is 17.0. The maximum absolute atomic E-state index is 14.0. The topological polar surface area (TPSA) is 183 Å². The number of fused-ring (bicyclic) bond motifs is 3. The molecule has 1 saturated heterocycles. The second kappa shape index (κ2) is 14.0. The SMILES string of the molecule is C=C[C@@H]1C[C@]1(NC(=O)[C@@H]1C[C@@H]2CN1C(=O)[C@H](CC(F)(F)F)NC(=O)NC(C)(C)CC/C=C/c1cccc3c1CN(C3)C(=O)O2)C(=O)NS(=O)(=O)C1CC1. The minimum absolute atomic E-state index is 0.0196. The number of halogens is 3. The molecule has 4 N–H and O–H groups in total. The lowest BCUT2D eigenvalue weighted by Gasteiger charge is -2.31. The lowest BCUT2D eigenvalue weighted by Crippen LogP contribution is -2.60. The van der Waals surface area contributed by atoms with Crippen molar-refractivity contribution in [3.8, 4) is 0 Å². The Hall–Kier alpha value is -4.61. The summed E-state index contributed by atoms with van der Waals surface area (Å²) in [6.07, 6.45) is -2.21. The number of benzene rings is 1. The van der Waals surface area contributed by atoms with Crippen molar-refractivity contribution in [1.82, 2.24) is 30.5 Å². The van der Waals surface area contributed by atoms with Gasteiger partial charge in [0.05, 0.1) is 24.8 Å². The normalized spacial score (nSPS) is 29.4. The summed E-state index contributed by atoms with van der Waals surface area (Å²) in [6, 6.07) is 0.865. The van der Waals surface area contributed by atoms with Crippen LogP contribution >= 0.6 is 0 Å². The predicted molar refractivity (Wildman–Crippen MR) is 184 cm³/mol. The highest BCUT2D eigenvalue weighted by Gasteiger charge is 2.62. The van der Waals surface area contributed by atoms with Crippen LogP contribution in [0.25, 0.3) is 6.08 Å². The predicted octanol–water partition coefficient (Wildman–Crippen LogP) is 2.98. The quantitative estimate of drug-likeness (QED) is 0.306. The third-order valence-corrected chi connectivity index (χ3v) is 12.2. The zero-order valence-corrected chi connectivity index (χ0v) is 30.1. The molecule has 2 saturated carbocycles. The first-order valence-corrected chi connectivity index (χ1v) is 19.0. The zero-order valence-electron chi connectivity index (χ0n) is 29.3. The highest BCUT2D eigenvalue weighted by Crippen LogP contribution is 2.45. The molecule has 0 aromatic heterocycles. The van der Waals surface area contributed by atoms with Gasteiger partial charge in [0.25, 0.3) is 5.91 Å². The largest absolute Gasteiger partial charge is 0.444 e. The molecule has 53 heavy (non-hydrogen) atoms. The molecule has 0 unspecified atom stereocenters. The lowest BCUT2D eigenvalue weighted by molar-refractivity contribution is -0.155. The molecule has 5 aliphatic rings. The molecule has 6 amide bonds. The number of rotatable bonds is 7. The van der Waals surface area contributed by atoms with E-state index in [4.69, 9.17) is 4.74 Å². The molecule has 18 heteroatoms. The number of hydrogen-bond donors (Lipinski definition) is 4. The Morgan fingerprint density at radius 2 is 1.89 bits per heavy atom. The maximum Gasteiger partial charge on any atom is 0.410 e. The fourth-order valence-corrected chi connectivity index (χ4v) is 8.56. The third-order valence-electron chi connectivity index (χ3n) is 10.4. The van der Waals surface area contributed by atoms with Gasteiger partial charge in [0.15, 0.2) is 0 Å². The van der Waals surface area contributed by atoms with Crippen LogP contribution < -0.4 is 20.7 Å². The average molecular weight is 765 g/mol. The van der Waals surface area contributed by atoms with E-state index in [0.29, 0.717) is 25.7 Å². The van der Waals surface area contributed by atoms with E-state index in [1.54, 1.807) is 13.8 Å². The summed E-state index contributed by atoms with van der Waals surface area (Å²) in [6.45, 7) is 6.96. The summed E-state index contributed by atoms with van der Waals surface area (Å²) in [5.41, 5.74) is 0.0101. The first kappa shape index (κ1) is 38.1. The number of nitrogens with one attached hydrogen (secondary N) is 4. The Labute approximate surface area is 305 Å². The minimum atomic E-state index is -4.92. The van der Waals surface area contributed by atoms with Crippen LogP contribution in [0.1, 0.15) is 75.5 Å². The van der Waals surface area contributed by atoms with Gasteiger partial charge < -0.3 is 25.6 Å². The summed E-state index contributed by atoms with van der Waals surface area (Å²) in [5.74, 6) is -3.94. The Balaban J connectivity index is 1.30. The van der Waals surface area contributed by atoms with Crippen molar-refractivity contribution in [1.29, 1.82) is 0 Å². The highest BCUT2D eigenvalue weighted by molar-refractivity contribution is 7.91. The van der Waals surface area contributed by atoms with Crippen LogP contribution in [0.4, 0.5) is 22.8 Å². The van der Waals surface area contributed by atoms with Gasteiger partial charge in [-0.2, -0.15) is 13.2 Å². The molecule has 3 aliphatic heterocycles. The van der Waals surface area contributed by atoms with Crippen LogP contribution in [-0.2, 0) is 42.2 Å². The molecule has 2 aliphatic carbocycles. The summed E-state index contributed by atoms with van der Waals surface area (Å²) in [5, 5.41) is 6.58. The van der Waals surface area contributed by atoms with Crippen molar-refractivity contribution in [3.05, 3.63) is 53.6 Å². The van der Waals surface area contributed by atoms with Crippen LogP contribution in [0, 0.1) is 5.92 Å². The molecule has 6 rings (SSSR count). The van der Waals surface area contributed by atoms with Crippen LogP contribution in [0.2, 0.25) is 0 Å². The number of carbonyl (C=O) groups excluding carboxylic acids is 5. The van der Waals surface area contributed by atoms with E-state index in [1.165, 1.54) is 11.0 Å². The molecule has 3 fully saturated rings. The second-order valence-electron chi connectivity index (χ2n) is 15.1. The standard InChI is InChI=1S/C35H43F3N6O8S/c1-4-22-15-34(22,30(47)42-53(50,51)24-11-12-24)40-28(45)27-14-23-18-44(27)29(46)26(16-35(36,37)38)39-31(48)41-33(2,3)13-6-5-8-20-9-7-10-21-17-43(19-25(20)21)32(49)52-23/h4-5,7-10,22-24,26-27H,1,6,11-19H2,2-3H3,(H,40,45)(H,42,47)(H2,39,41,48)/b8-5+/t22-,23-,26+,27+,34-/m1/s1. The number of carbonyl (C=O) groups is 5. The van der Waals surface area contributed by atoms with Gasteiger partial charge in [-0.15, -0.1) is 6.58 Å². The fraction of sp³-hybridized carbons (Fsp3) is 0.571. The Bertz CT molecular complexity index is 1850. The van der Waals surface area contributed by atoms with Crippen LogP contribution in [0.15, 0.2) is 36.9 Å². The van der Waals surface area contributed by atoms with Crippen LogP contribution in [0.3, 0.4) is 0 Å². The number of allylic oxidation sites excluding steroid dienone is 1. The Kier molecular flexibility index (Phi) is 10.1. The molecule has 3 heterocycles. The summed E-state index contributed by atoms with van der Waals surface area (Å²) in [4.78, 5) is 70.2. The minimum Gasteiger partial charge on any atom is -0.444 e.